The molecule has 0 aliphatic rings. The van der Waals surface area contributed by atoms with Crippen LogP contribution in [0.3, 0.4) is 0 Å². The van der Waals surface area contributed by atoms with Crippen LogP contribution in [0.1, 0.15) is 10.5 Å². The fourth-order valence-electron chi connectivity index (χ4n) is 1.73. The third-order valence-electron chi connectivity index (χ3n) is 2.61. The number of amides is 1. The summed E-state index contributed by atoms with van der Waals surface area (Å²) in [4.78, 5) is 16.9. The van der Waals surface area contributed by atoms with Crippen molar-refractivity contribution in [1.29, 1.82) is 0 Å². The first-order valence-corrected chi connectivity index (χ1v) is 7.07. The van der Waals surface area contributed by atoms with Gasteiger partial charge in [0, 0.05) is 11.6 Å². The minimum atomic E-state index is -0.476. The van der Waals surface area contributed by atoms with Crippen molar-refractivity contribution < 1.29 is 9.18 Å². The Labute approximate surface area is 126 Å². The second kappa shape index (κ2) is 5.05. The maximum atomic E-state index is 13.0. The fourth-order valence-corrected chi connectivity index (χ4v) is 2.97. The highest BCUT2D eigenvalue weighted by Crippen LogP contribution is 2.25. The average Bonchev–Trinajstić information content (AvgIpc) is 2.92. The Morgan fingerprint density at radius 1 is 1.40 bits per heavy atom. The topological polar surface area (TPSA) is 46.4 Å². The SMILES string of the molecule is O=C(Nc1ccc(F)cc1Cl)c1c(Cl)nc2sccn12. The van der Waals surface area contributed by atoms with Gasteiger partial charge in [-0.25, -0.2) is 9.37 Å². The first-order valence-electron chi connectivity index (χ1n) is 5.43. The molecule has 4 nitrogen and oxygen atoms in total. The van der Waals surface area contributed by atoms with Gasteiger partial charge in [0.05, 0.1) is 10.7 Å². The Balaban J connectivity index is 1.97. The maximum absolute atomic E-state index is 13.0. The summed E-state index contributed by atoms with van der Waals surface area (Å²) in [5.74, 6) is -0.940. The summed E-state index contributed by atoms with van der Waals surface area (Å²) < 4.78 is 14.5. The highest BCUT2D eigenvalue weighted by molar-refractivity contribution is 7.15. The summed E-state index contributed by atoms with van der Waals surface area (Å²) in [6.45, 7) is 0. The van der Waals surface area contributed by atoms with E-state index >= 15 is 0 Å². The van der Waals surface area contributed by atoms with Crippen LogP contribution in [0.2, 0.25) is 10.2 Å². The number of aromatic nitrogens is 2. The molecule has 0 saturated carbocycles. The van der Waals surface area contributed by atoms with Crippen LogP contribution in [-0.4, -0.2) is 15.3 Å². The Morgan fingerprint density at radius 2 is 2.20 bits per heavy atom. The standard InChI is InChI=1S/C12H6Cl2FN3OS/c13-7-5-6(15)1-2-8(7)16-11(19)9-10(14)17-12-18(9)3-4-20-12/h1-5H,(H,16,19). The molecular formula is C12H6Cl2FN3OS. The molecule has 0 spiro atoms. The van der Waals surface area contributed by atoms with E-state index in [4.69, 9.17) is 23.2 Å². The van der Waals surface area contributed by atoms with Crippen molar-refractivity contribution >= 4 is 51.1 Å². The molecule has 2 aromatic heterocycles. The number of hydrogen-bond donors (Lipinski definition) is 1. The minimum absolute atomic E-state index is 0.104. The molecule has 0 aliphatic carbocycles. The molecule has 0 aliphatic heterocycles. The van der Waals surface area contributed by atoms with Gasteiger partial charge in [-0.3, -0.25) is 9.20 Å². The zero-order valence-electron chi connectivity index (χ0n) is 9.73. The number of benzene rings is 1. The Morgan fingerprint density at radius 3 is 2.95 bits per heavy atom. The highest BCUT2D eigenvalue weighted by atomic mass is 35.5. The van der Waals surface area contributed by atoms with Crippen LogP contribution in [0, 0.1) is 5.82 Å². The third kappa shape index (κ3) is 2.26. The predicted molar refractivity (Wildman–Crippen MR) is 77.4 cm³/mol. The highest BCUT2D eigenvalue weighted by Gasteiger charge is 2.19. The monoisotopic (exact) mass is 329 g/mol. The van der Waals surface area contributed by atoms with E-state index in [1.54, 1.807) is 16.0 Å². The van der Waals surface area contributed by atoms with E-state index in [9.17, 15) is 9.18 Å². The third-order valence-corrected chi connectivity index (χ3v) is 3.95. The lowest BCUT2D eigenvalue weighted by Gasteiger charge is -2.06. The molecule has 0 atom stereocenters. The van der Waals surface area contributed by atoms with Crippen molar-refractivity contribution in [3.8, 4) is 0 Å². The lowest BCUT2D eigenvalue weighted by molar-refractivity contribution is 0.102. The average molecular weight is 330 g/mol. The van der Waals surface area contributed by atoms with Gasteiger partial charge in [0.1, 0.15) is 5.82 Å². The molecule has 20 heavy (non-hydrogen) atoms. The van der Waals surface area contributed by atoms with Crippen molar-refractivity contribution in [2.24, 2.45) is 0 Å². The number of nitrogens with zero attached hydrogens (tertiary/aromatic N) is 2. The van der Waals surface area contributed by atoms with Gasteiger partial charge < -0.3 is 5.32 Å². The van der Waals surface area contributed by atoms with Gasteiger partial charge in [-0.05, 0) is 18.2 Å². The van der Waals surface area contributed by atoms with Crippen LogP contribution >= 0.6 is 34.5 Å². The van der Waals surface area contributed by atoms with Crippen LogP contribution < -0.4 is 5.32 Å². The number of fused-ring (bicyclic) bond motifs is 1. The fraction of sp³-hybridized carbons (Fsp3) is 0. The molecule has 8 heteroatoms. The van der Waals surface area contributed by atoms with Crippen molar-refractivity contribution in [1.82, 2.24) is 9.38 Å². The zero-order valence-corrected chi connectivity index (χ0v) is 12.1. The quantitative estimate of drug-likeness (QED) is 0.769. The number of hydrogen-bond acceptors (Lipinski definition) is 3. The number of rotatable bonds is 2. The normalized spacial score (nSPS) is 10.9. The minimum Gasteiger partial charge on any atom is -0.319 e. The van der Waals surface area contributed by atoms with E-state index in [1.165, 1.54) is 23.5 Å². The second-order valence-electron chi connectivity index (χ2n) is 3.89. The van der Waals surface area contributed by atoms with Crippen molar-refractivity contribution in [2.45, 2.75) is 0 Å². The molecule has 0 radical (unpaired) electrons. The summed E-state index contributed by atoms with van der Waals surface area (Å²) in [5.41, 5.74) is 0.516. The Kier molecular flexibility index (Phi) is 3.37. The van der Waals surface area contributed by atoms with Crippen LogP contribution in [-0.2, 0) is 0 Å². The van der Waals surface area contributed by atoms with Crippen LogP contribution in [0.5, 0.6) is 0 Å². The van der Waals surface area contributed by atoms with Crippen LogP contribution in [0.4, 0.5) is 10.1 Å². The predicted octanol–water partition coefficient (Wildman–Crippen LogP) is 4.09. The van der Waals surface area contributed by atoms with E-state index in [-0.39, 0.29) is 15.9 Å². The second-order valence-corrected chi connectivity index (χ2v) is 5.52. The molecule has 2 heterocycles. The number of anilines is 1. The zero-order chi connectivity index (χ0) is 14.3. The summed E-state index contributed by atoms with van der Waals surface area (Å²) in [6.07, 6.45) is 1.69. The van der Waals surface area contributed by atoms with Gasteiger partial charge in [-0.15, -0.1) is 11.3 Å². The maximum Gasteiger partial charge on any atom is 0.275 e. The number of nitrogens with one attached hydrogen (secondary N) is 1. The Hall–Kier alpha value is -1.63. The summed E-state index contributed by atoms with van der Waals surface area (Å²) in [5, 5.41) is 4.59. The number of halogens is 3. The smallest absolute Gasteiger partial charge is 0.275 e. The molecule has 0 saturated heterocycles. The number of carbonyl (C=O) groups is 1. The van der Waals surface area contributed by atoms with Crippen molar-refractivity contribution in [3.63, 3.8) is 0 Å². The molecule has 0 unspecified atom stereocenters. The van der Waals surface area contributed by atoms with Crippen molar-refractivity contribution in [3.05, 3.63) is 51.5 Å². The molecule has 0 bridgehead atoms. The van der Waals surface area contributed by atoms with E-state index in [0.717, 1.165) is 6.07 Å². The number of imidazole rings is 1. The first-order chi connectivity index (χ1) is 9.56. The largest absolute Gasteiger partial charge is 0.319 e. The molecule has 1 aromatic carbocycles. The molecule has 1 N–H and O–H groups in total. The van der Waals surface area contributed by atoms with E-state index in [0.29, 0.717) is 10.6 Å². The van der Waals surface area contributed by atoms with Gasteiger partial charge in [0.25, 0.3) is 5.91 Å². The molecule has 102 valence electrons. The molecule has 3 rings (SSSR count). The van der Waals surface area contributed by atoms with Gasteiger partial charge in [0.15, 0.2) is 15.8 Å². The summed E-state index contributed by atoms with van der Waals surface area (Å²) >= 11 is 13.2. The Bertz CT molecular complexity index is 814. The van der Waals surface area contributed by atoms with Gasteiger partial charge in [-0.2, -0.15) is 0 Å². The van der Waals surface area contributed by atoms with Crippen molar-refractivity contribution in [2.75, 3.05) is 5.32 Å². The molecule has 0 fully saturated rings. The lowest BCUT2D eigenvalue weighted by atomic mass is 10.3. The van der Waals surface area contributed by atoms with Gasteiger partial charge in [-0.1, -0.05) is 23.2 Å². The lowest BCUT2D eigenvalue weighted by Crippen LogP contribution is -2.14. The van der Waals surface area contributed by atoms with Crippen LogP contribution in [0.25, 0.3) is 4.96 Å². The van der Waals surface area contributed by atoms with E-state index in [1.807, 2.05) is 0 Å². The molecular weight excluding hydrogens is 324 g/mol. The van der Waals surface area contributed by atoms with E-state index < -0.39 is 11.7 Å². The molecule has 3 aromatic rings. The number of thiazole rings is 1. The summed E-state index contributed by atoms with van der Waals surface area (Å²) in [6, 6.07) is 3.71. The van der Waals surface area contributed by atoms with Crippen LogP contribution in [0.15, 0.2) is 29.8 Å². The van der Waals surface area contributed by atoms with Gasteiger partial charge in [0.2, 0.25) is 0 Å². The van der Waals surface area contributed by atoms with Gasteiger partial charge >= 0.3 is 0 Å². The number of carbonyl (C=O) groups excluding carboxylic acids is 1. The molecule has 1 amide bonds. The van der Waals surface area contributed by atoms with E-state index in [2.05, 4.69) is 10.3 Å². The summed E-state index contributed by atoms with van der Waals surface area (Å²) in [7, 11) is 0. The first kappa shape index (κ1) is 13.4.